The number of amides is 2. The minimum Gasteiger partial charge on any atom is -0.350 e. The lowest BCUT2D eigenvalue weighted by Crippen LogP contribution is -2.33. The molecule has 0 saturated carbocycles. The normalized spacial score (nSPS) is 14.8. The predicted octanol–water partition coefficient (Wildman–Crippen LogP) is 5.20. The summed E-state index contributed by atoms with van der Waals surface area (Å²) in [5.74, 6) is -0.487. The Labute approximate surface area is 173 Å². The van der Waals surface area contributed by atoms with E-state index in [9.17, 15) is 9.59 Å². The molecule has 2 aromatic rings. The average Bonchev–Trinajstić information content (AvgIpc) is 2.88. The van der Waals surface area contributed by atoms with E-state index in [0.29, 0.717) is 17.8 Å². The number of aryl methyl sites for hydroxylation is 2. The first-order valence-corrected chi connectivity index (χ1v) is 10.2. The number of hydrogen-bond acceptors (Lipinski definition) is 3. The van der Waals surface area contributed by atoms with Gasteiger partial charge >= 0.3 is 0 Å². The highest BCUT2D eigenvalue weighted by molar-refractivity contribution is 6.36. The van der Waals surface area contributed by atoms with Gasteiger partial charge in [0.2, 0.25) is 0 Å². The van der Waals surface area contributed by atoms with Gasteiger partial charge in [0.1, 0.15) is 5.70 Å². The molecule has 2 amide bonds. The van der Waals surface area contributed by atoms with Gasteiger partial charge in [-0.05, 0) is 60.1 Å². The molecule has 4 nitrogen and oxygen atoms in total. The van der Waals surface area contributed by atoms with Crippen LogP contribution in [0.15, 0.2) is 48.2 Å². The maximum atomic E-state index is 13.1. The van der Waals surface area contributed by atoms with Crippen molar-refractivity contribution in [2.75, 3.05) is 11.9 Å². The van der Waals surface area contributed by atoms with Crippen molar-refractivity contribution in [1.29, 1.82) is 0 Å². The number of rotatable bonds is 5. The van der Waals surface area contributed by atoms with E-state index in [1.807, 2.05) is 51.1 Å². The molecule has 0 atom stereocenters. The molecule has 0 spiro atoms. The van der Waals surface area contributed by atoms with E-state index in [0.717, 1.165) is 28.8 Å². The molecule has 0 saturated heterocycles. The van der Waals surface area contributed by atoms with Crippen LogP contribution in [0.5, 0.6) is 0 Å². The van der Waals surface area contributed by atoms with Gasteiger partial charge in [0.25, 0.3) is 11.8 Å². The third-order valence-corrected chi connectivity index (χ3v) is 5.43. The van der Waals surface area contributed by atoms with Crippen LogP contribution in [-0.4, -0.2) is 23.3 Å². The Kier molecular flexibility index (Phi) is 5.65. The molecule has 3 rings (SSSR count). The van der Waals surface area contributed by atoms with Crippen molar-refractivity contribution in [3.05, 3.63) is 70.4 Å². The quantitative estimate of drug-likeness (QED) is 0.714. The Morgan fingerprint density at radius 3 is 2.10 bits per heavy atom. The topological polar surface area (TPSA) is 49.4 Å². The van der Waals surface area contributed by atoms with Crippen molar-refractivity contribution >= 4 is 23.1 Å². The van der Waals surface area contributed by atoms with Crippen molar-refractivity contribution in [3.63, 3.8) is 0 Å². The summed E-state index contributed by atoms with van der Waals surface area (Å²) in [6, 6.07) is 13.9. The lowest BCUT2D eigenvalue weighted by Gasteiger charge is -2.19. The summed E-state index contributed by atoms with van der Waals surface area (Å²) in [5, 5.41) is 3.24. The maximum absolute atomic E-state index is 13.1. The molecular formula is C25H30N2O2. The first-order valence-electron chi connectivity index (χ1n) is 10.2. The van der Waals surface area contributed by atoms with Crippen LogP contribution in [0.1, 0.15) is 56.4 Å². The zero-order valence-corrected chi connectivity index (χ0v) is 18.2. The lowest BCUT2D eigenvalue weighted by molar-refractivity contribution is -0.136. The molecule has 0 aromatic heterocycles. The Hall–Kier alpha value is -2.88. The molecule has 1 N–H and O–H groups in total. The Bertz CT molecular complexity index is 979. The minimum absolute atomic E-state index is 0.0550. The third kappa shape index (κ3) is 4.12. The van der Waals surface area contributed by atoms with Gasteiger partial charge in [0.05, 0.1) is 5.57 Å². The number of nitrogens with one attached hydrogen (secondary N) is 1. The molecule has 0 fully saturated rings. The van der Waals surface area contributed by atoms with Crippen molar-refractivity contribution in [3.8, 4) is 0 Å². The van der Waals surface area contributed by atoms with Crippen molar-refractivity contribution in [2.45, 2.75) is 53.4 Å². The van der Waals surface area contributed by atoms with E-state index in [4.69, 9.17) is 0 Å². The van der Waals surface area contributed by atoms with Crippen LogP contribution >= 0.6 is 0 Å². The second-order valence-electron chi connectivity index (χ2n) is 8.76. The van der Waals surface area contributed by atoms with Crippen LogP contribution in [0.25, 0.3) is 5.57 Å². The summed E-state index contributed by atoms with van der Waals surface area (Å²) in [4.78, 5) is 27.5. The van der Waals surface area contributed by atoms with Crippen molar-refractivity contribution < 1.29 is 9.59 Å². The molecule has 29 heavy (non-hydrogen) atoms. The zero-order valence-electron chi connectivity index (χ0n) is 18.2. The minimum atomic E-state index is -0.259. The maximum Gasteiger partial charge on any atom is 0.278 e. The summed E-state index contributed by atoms with van der Waals surface area (Å²) >= 11 is 0. The molecule has 1 heterocycles. The molecule has 0 aliphatic carbocycles. The number of anilines is 1. The summed E-state index contributed by atoms with van der Waals surface area (Å²) in [6.07, 6.45) is 0.727. The van der Waals surface area contributed by atoms with E-state index < -0.39 is 0 Å². The van der Waals surface area contributed by atoms with Crippen LogP contribution in [0.4, 0.5) is 5.69 Å². The second-order valence-corrected chi connectivity index (χ2v) is 8.76. The van der Waals surface area contributed by atoms with Gasteiger partial charge in [0.15, 0.2) is 0 Å². The second kappa shape index (κ2) is 7.86. The number of nitrogens with zero attached hydrogens (tertiary/aromatic N) is 1. The van der Waals surface area contributed by atoms with Crippen LogP contribution in [0.2, 0.25) is 0 Å². The molecule has 4 heteroatoms. The van der Waals surface area contributed by atoms with Crippen LogP contribution < -0.4 is 5.32 Å². The first-order chi connectivity index (χ1) is 13.6. The number of carbonyl (C=O) groups excluding carboxylic acids is 2. The smallest absolute Gasteiger partial charge is 0.278 e. The van der Waals surface area contributed by atoms with Gasteiger partial charge in [0, 0.05) is 12.2 Å². The fourth-order valence-corrected chi connectivity index (χ4v) is 3.48. The highest BCUT2D eigenvalue weighted by atomic mass is 16.2. The molecule has 152 valence electrons. The van der Waals surface area contributed by atoms with Crippen LogP contribution in [0, 0.1) is 13.8 Å². The molecular weight excluding hydrogens is 360 g/mol. The Balaban J connectivity index is 2.04. The van der Waals surface area contributed by atoms with Gasteiger partial charge in [-0.2, -0.15) is 0 Å². The standard InChI is InChI=1S/C25H30N2O2/c1-7-14-27-23(28)21(18-9-8-16(2)17(3)15-18)22(24(27)29)26-20-12-10-19(11-13-20)25(4,5)6/h8-13,15,26H,7,14H2,1-6H3. The first kappa shape index (κ1) is 20.8. The summed E-state index contributed by atoms with van der Waals surface area (Å²) in [7, 11) is 0. The number of benzene rings is 2. The fourth-order valence-electron chi connectivity index (χ4n) is 3.48. The summed E-state index contributed by atoms with van der Waals surface area (Å²) in [5.41, 5.74) is 5.91. The monoisotopic (exact) mass is 390 g/mol. The number of hydrogen-bond donors (Lipinski definition) is 1. The van der Waals surface area contributed by atoms with Gasteiger partial charge in [-0.15, -0.1) is 0 Å². The molecule has 1 aliphatic rings. The fraction of sp³-hybridized carbons (Fsp3) is 0.360. The molecule has 0 radical (unpaired) electrons. The van der Waals surface area contributed by atoms with Gasteiger partial charge < -0.3 is 5.32 Å². The average molecular weight is 391 g/mol. The highest BCUT2D eigenvalue weighted by Crippen LogP contribution is 2.32. The van der Waals surface area contributed by atoms with Gasteiger partial charge in [-0.3, -0.25) is 14.5 Å². The Morgan fingerprint density at radius 1 is 0.897 bits per heavy atom. The summed E-state index contributed by atoms with van der Waals surface area (Å²) < 4.78 is 0. The van der Waals surface area contributed by atoms with Crippen molar-refractivity contribution in [1.82, 2.24) is 4.90 Å². The van der Waals surface area contributed by atoms with E-state index in [2.05, 4.69) is 38.2 Å². The van der Waals surface area contributed by atoms with Crippen molar-refractivity contribution in [2.24, 2.45) is 0 Å². The highest BCUT2D eigenvalue weighted by Gasteiger charge is 2.38. The molecule has 0 bridgehead atoms. The number of imide groups is 1. The van der Waals surface area contributed by atoms with Crippen LogP contribution in [-0.2, 0) is 15.0 Å². The van der Waals surface area contributed by atoms with E-state index in [1.54, 1.807) is 0 Å². The zero-order chi connectivity index (χ0) is 21.3. The Morgan fingerprint density at radius 2 is 1.55 bits per heavy atom. The van der Waals surface area contributed by atoms with Gasteiger partial charge in [-0.25, -0.2) is 0 Å². The van der Waals surface area contributed by atoms with Gasteiger partial charge in [-0.1, -0.05) is 58.0 Å². The molecule has 0 unspecified atom stereocenters. The van der Waals surface area contributed by atoms with E-state index in [1.165, 1.54) is 10.5 Å². The predicted molar refractivity (Wildman–Crippen MR) is 119 cm³/mol. The van der Waals surface area contributed by atoms with Crippen LogP contribution in [0.3, 0.4) is 0 Å². The van der Waals surface area contributed by atoms with E-state index >= 15 is 0 Å². The molecule has 2 aromatic carbocycles. The summed E-state index contributed by atoms with van der Waals surface area (Å²) in [6.45, 7) is 12.9. The lowest BCUT2D eigenvalue weighted by atomic mass is 9.87. The number of carbonyl (C=O) groups is 2. The third-order valence-electron chi connectivity index (χ3n) is 5.43. The van der Waals surface area contributed by atoms with E-state index in [-0.39, 0.29) is 17.2 Å². The largest absolute Gasteiger partial charge is 0.350 e. The molecule has 1 aliphatic heterocycles. The SMILES string of the molecule is CCCN1C(=O)C(Nc2ccc(C(C)(C)C)cc2)=C(c2ccc(C)c(C)c2)C1=O.